The molecule has 4 rings (SSSR count). The van der Waals surface area contributed by atoms with Crippen LogP contribution in [-0.2, 0) is 21.2 Å². The van der Waals surface area contributed by atoms with Gasteiger partial charge in [-0.25, -0.2) is 8.42 Å². The Morgan fingerprint density at radius 3 is 2.68 bits per heavy atom. The Morgan fingerprint density at radius 1 is 1.23 bits per heavy atom. The summed E-state index contributed by atoms with van der Waals surface area (Å²) in [5.41, 5.74) is 1.75. The lowest BCUT2D eigenvalue weighted by Gasteiger charge is -2.27. The van der Waals surface area contributed by atoms with Gasteiger partial charge in [0.1, 0.15) is 0 Å². The summed E-state index contributed by atoms with van der Waals surface area (Å²) in [6, 6.07) is 10.6. The van der Waals surface area contributed by atoms with E-state index in [1.807, 2.05) is 26.0 Å². The summed E-state index contributed by atoms with van der Waals surface area (Å²) in [6.45, 7) is 5.26. The second kappa shape index (κ2) is 8.91. The number of benzene rings is 1. The molecule has 1 aliphatic rings. The molecule has 8 nitrogen and oxygen atoms in total. The highest BCUT2D eigenvalue weighted by molar-refractivity contribution is 7.89. The van der Waals surface area contributed by atoms with Gasteiger partial charge in [0.15, 0.2) is 5.82 Å². The van der Waals surface area contributed by atoms with Crippen LogP contribution in [0.4, 0.5) is 5.82 Å². The fourth-order valence-electron chi connectivity index (χ4n) is 3.43. The number of carbonyl (C=O) groups is 1. The van der Waals surface area contributed by atoms with Crippen LogP contribution < -0.4 is 5.32 Å². The predicted molar refractivity (Wildman–Crippen MR) is 120 cm³/mol. The van der Waals surface area contributed by atoms with Gasteiger partial charge >= 0.3 is 0 Å². The van der Waals surface area contributed by atoms with Crippen molar-refractivity contribution in [3.63, 3.8) is 0 Å². The quantitative estimate of drug-likeness (QED) is 0.587. The molecule has 0 bridgehead atoms. The minimum Gasteiger partial charge on any atom is -0.379 e. The van der Waals surface area contributed by atoms with Crippen LogP contribution in [0.25, 0.3) is 10.6 Å². The first-order valence-electron chi connectivity index (χ1n) is 10.0. The molecule has 1 fully saturated rings. The van der Waals surface area contributed by atoms with Crippen molar-refractivity contribution in [2.45, 2.75) is 25.2 Å². The third kappa shape index (κ3) is 4.57. The summed E-state index contributed by atoms with van der Waals surface area (Å²) in [5.74, 6) is -0.0373. The molecule has 10 heteroatoms. The van der Waals surface area contributed by atoms with E-state index in [0.29, 0.717) is 44.1 Å². The zero-order valence-electron chi connectivity index (χ0n) is 17.3. The maximum atomic E-state index is 13.2. The Morgan fingerprint density at radius 2 is 2.00 bits per heavy atom. The van der Waals surface area contributed by atoms with Gasteiger partial charge in [0, 0.05) is 29.6 Å². The Labute approximate surface area is 185 Å². The van der Waals surface area contributed by atoms with Gasteiger partial charge in [-0.1, -0.05) is 13.0 Å². The van der Waals surface area contributed by atoms with Crippen LogP contribution in [0.1, 0.15) is 27.7 Å². The van der Waals surface area contributed by atoms with Crippen LogP contribution in [0.15, 0.2) is 41.3 Å². The van der Waals surface area contributed by atoms with E-state index >= 15 is 0 Å². The number of aromatic nitrogens is 2. The molecule has 0 unspecified atom stereocenters. The summed E-state index contributed by atoms with van der Waals surface area (Å²) < 4.78 is 33.1. The molecule has 1 saturated heterocycles. The second-order valence-corrected chi connectivity index (χ2v) is 10.4. The number of aromatic amines is 1. The molecule has 0 aliphatic carbocycles. The van der Waals surface area contributed by atoms with Crippen molar-refractivity contribution in [1.29, 1.82) is 0 Å². The molecule has 31 heavy (non-hydrogen) atoms. The van der Waals surface area contributed by atoms with E-state index < -0.39 is 15.9 Å². The van der Waals surface area contributed by atoms with Gasteiger partial charge < -0.3 is 10.1 Å². The Balaban J connectivity index is 1.58. The van der Waals surface area contributed by atoms with Gasteiger partial charge in [-0.2, -0.15) is 9.40 Å². The first-order valence-corrected chi connectivity index (χ1v) is 12.3. The van der Waals surface area contributed by atoms with Gasteiger partial charge in [-0.15, -0.1) is 11.3 Å². The normalized spacial score (nSPS) is 15.2. The largest absolute Gasteiger partial charge is 0.379 e. The number of H-pyrrole nitrogens is 1. The van der Waals surface area contributed by atoms with Crippen molar-refractivity contribution in [2.24, 2.45) is 0 Å². The smallest absolute Gasteiger partial charge is 0.256 e. The third-order valence-corrected chi connectivity index (χ3v) is 8.14. The highest BCUT2D eigenvalue weighted by atomic mass is 32.2. The summed E-state index contributed by atoms with van der Waals surface area (Å²) in [7, 11) is -3.71. The monoisotopic (exact) mass is 460 g/mol. The second-order valence-electron chi connectivity index (χ2n) is 7.22. The first kappa shape index (κ1) is 21.7. The number of rotatable bonds is 6. The molecule has 0 atom stereocenters. The minimum atomic E-state index is -3.71. The van der Waals surface area contributed by atoms with E-state index in [4.69, 9.17) is 4.74 Å². The Hall–Kier alpha value is -2.53. The van der Waals surface area contributed by atoms with Gasteiger partial charge in [-0.05, 0) is 43.2 Å². The zero-order chi connectivity index (χ0) is 22.0. The molecule has 3 heterocycles. The van der Waals surface area contributed by atoms with Crippen molar-refractivity contribution >= 4 is 33.1 Å². The highest BCUT2D eigenvalue weighted by Gasteiger charge is 2.29. The topological polar surface area (TPSA) is 104 Å². The first-order chi connectivity index (χ1) is 14.9. The summed E-state index contributed by atoms with van der Waals surface area (Å²) in [5, 5.41) is 9.82. The van der Waals surface area contributed by atoms with E-state index in [1.165, 1.54) is 15.2 Å². The van der Waals surface area contributed by atoms with Crippen molar-refractivity contribution < 1.29 is 17.9 Å². The molecule has 2 aromatic heterocycles. The average molecular weight is 461 g/mol. The molecule has 0 radical (unpaired) electrons. The van der Waals surface area contributed by atoms with Crippen molar-refractivity contribution in [3.8, 4) is 10.6 Å². The number of sulfonamides is 1. The standard InChI is InChI=1S/C21H24N4O4S2/c1-3-15-5-6-16(12-19(15)31(27,28)25-8-10-29-11-9-25)21(26)22-20-13-17(23-24-20)18-7-4-14(2)30-18/h4-7,12-13H,3,8-11H2,1-2H3,(H2,22,23,24,26). The van der Waals surface area contributed by atoms with Crippen molar-refractivity contribution in [2.75, 3.05) is 31.6 Å². The number of thiophene rings is 1. The Bertz CT molecular complexity index is 1190. The van der Waals surface area contributed by atoms with Crippen molar-refractivity contribution in [3.05, 3.63) is 52.4 Å². The average Bonchev–Trinajstić information content (AvgIpc) is 3.42. The lowest BCUT2D eigenvalue weighted by atomic mass is 10.1. The van der Waals surface area contributed by atoms with E-state index in [0.717, 1.165) is 10.6 Å². The van der Waals surface area contributed by atoms with E-state index in [-0.39, 0.29) is 10.5 Å². The number of nitrogens with zero attached hydrogens (tertiary/aromatic N) is 2. The number of anilines is 1. The number of hydrogen-bond donors (Lipinski definition) is 2. The van der Waals surface area contributed by atoms with Crippen LogP contribution in [-0.4, -0.2) is 55.1 Å². The molecule has 0 spiro atoms. The third-order valence-electron chi connectivity index (χ3n) is 5.12. The van der Waals surface area contributed by atoms with Gasteiger partial charge in [0.2, 0.25) is 10.0 Å². The summed E-state index contributed by atoms with van der Waals surface area (Å²) in [4.78, 5) is 15.2. The van der Waals surface area contributed by atoms with Crippen LogP contribution in [0.2, 0.25) is 0 Å². The molecular formula is C21H24N4O4S2. The summed E-state index contributed by atoms with van der Waals surface area (Å²) in [6.07, 6.45) is 0.545. The maximum absolute atomic E-state index is 13.2. The fraction of sp³-hybridized carbons (Fsp3) is 0.333. The number of hydrogen-bond acceptors (Lipinski definition) is 6. The maximum Gasteiger partial charge on any atom is 0.256 e. The molecule has 2 N–H and O–H groups in total. The highest BCUT2D eigenvalue weighted by Crippen LogP contribution is 2.28. The van der Waals surface area contributed by atoms with E-state index in [2.05, 4.69) is 15.5 Å². The number of carbonyl (C=O) groups excluding carboxylic acids is 1. The van der Waals surface area contributed by atoms with Gasteiger partial charge in [0.25, 0.3) is 5.91 Å². The number of aryl methyl sites for hydroxylation is 2. The lowest BCUT2D eigenvalue weighted by molar-refractivity contribution is 0.0730. The zero-order valence-corrected chi connectivity index (χ0v) is 19.0. The molecule has 1 aliphatic heterocycles. The van der Waals surface area contributed by atoms with E-state index in [9.17, 15) is 13.2 Å². The number of amides is 1. The van der Waals surface area contributed by atoms with Crippen molar-refractivity contribution in [1.82, 2.24) is 14.5 Å². The molecular weight excluding hydrogens is 436 g/mol. The molecule has 1 aromatic carbocycles. The molecule has 0 saturated carbocycles. The minimum absolute atomic E-state index is 0.168. The SMILES string of the molecule is CCc1ccc(C(=O)Nc2cc(-c3ccc(C)s3)[nH]n2)cc1S(=O)(=O)N1CCOCC1. The Kier molecular flexibility index (Phi) is 6.24. The molecule has 164 valence electrons. The summed E-state index contributed by atoms with van der Waals surface area (Å²) >= 11 is 1.63. The van der Waals surface area contributed by atoms with Crippen LogP contribution in [0.5, 0.6) is 0 Å². The predicted octanol–water partition coefficient (Wildman–Crippen LogP) is 3.28. The van der Waals surface area contributed by atoms with Crippen LogP contribution in [0.3, 0.4) is 0 Å². The van der Waals surface area contributed by atoms with Gasteiger partial charge in [0.05, 0.1) is 28.7 Å². The van der Waals surface area contributed by atoms with Crippen LogP contribution in [0, 0.1) is 6.92 Å². The number of nitrogens with one attached hydrogen (secondary N) is 2. The fourth-order valence-corrected chi connectivity index (χ4v) is 5.99. The number of morpholine rings is 1. The molecule has 1 amide bonds. The van der Waals surface area contributed by atoms with E-state index in [1.54, 1.807) is 29.5 Å². The lowest BCUT2D eigenvalue weighted by Crippen LogP contribution is -2.41. The molecule has 3 aromatic rings. The van der Waals surface area contributed by atoms with Crippen LogP contribution >= 0.6 is 11.3 Å². The van der Waals surface area contributed by atoms with Gasteiger partial charge in [-0.3, -0.25) is 9.89 Å². The number of ether oxygens (including phenoxy) is 1.